The number of aryl methyl sites for hydroxylation is 1. The van der Waals surface area contributed by atoms with Crippen LogP contribution in [0, 0.1) is 6.92 Å². The summed E-state index contributed by atoms with van der Waals surface area (Å²) in [6.45, 7) is 1.97. The standard InChI is InChI=1S/C11H11N5S/c1-7-2-8(4-13-3-7)16-10-6-14-9(5-15-10)11(12)17/h2-6H,1H3,(H2,12,17)(H,15,16). The van der Waals surface area contributed by atoms with E-state index in [2.05, 4.69) is 20.3 Å². The van der Waals surface area contributed by atoms with Crippen molar-refractivity contribution < 1.29 is 0 Å². The Morgan fingerprint density at radius 1 is 1.24 bits per heavy atom. The lowest BCUT2D eigenvalue weighted by Gasteiger charge is -2.05. The average molecular weight is 245 g/mol. The van der Waals surface area contributed by atoms with Crippen molar-refractivity contribution in [1.29, 1.82) is 0 Å². The first-order valence-corrected chi connectivity index (χ1v) is 5.36. The number of pyridine rings is 1. The van der Waals surface area contributed by atoms with Gasteiger partial charge in [-0.25, -0.2) is 9.97 Å². The third-order valence-electron chi connectivity index (χ3n) is 2.05. The number of nitrogens with zero attached hydrogens (tertiary/aromatic N) is 3. The van der Waals surface area contributed by atoms with E-state index in [0.717, 1.165) is 11.3 Å². The lowest BCUT2D eigenvalue weighted by Crippen LogP contribution is -2.12. The maximum absolute atomic E-state index is 5.43. The highest BCUT2D eigenvalue weighted by atomic mass is 32.1. The van der Waals surface area contributed by atoms with Gasteiger partial charge in [-0.1, -0.05) is 12.2 Å². The van der Waals surface area contributed by atoms with Crippen molar-refractivity contribution in [3.63, 3.8) is 0 Å². The van der Waals surface area contributed by atoms with E-state index >= 15 is 0 Å². The van der Waals surface area contributed by atoms with Crippen molar-refractivity contribution in [3.05, 3.63) is 42.1 Å². The van der Waals surface area contributed by atoms with Crippen LogP contribution >= 0.6 is 12.2 Å². The van der Waals surface area contributed by atoms with Crippen LogP contribution in [0.15, 0.2) is 30.9 Å². The summed E-state index contributed by atoms with van der Waals surface area (Å²) in [5.41, 5.74) is 7.88. The monoisotopic (exact) mass is 245 g/mol. The van der Waals surface area contributed by atoms with Gasteiger partial charge in [-0.3, -0.25) is 4.98 Å². The molecule has 0 saturated heterocycles. The van der Waals surface area contributed by atoms with Crippen LogP contribution in [0.4, 0.5) is 11.5 Å². The molecule has 0 atom stereocenters. The SMILES string of the molecule is Cc1cncc(Nc2cnc(C(N)=S)cn2)c1. The number of rotatable bonds is 3. The minimum atomic E-state index is 0.237. The van der Waals surface area contributed by atoms with Gasteiger partial charge < -0.3 is 11.1 Å². The van der Waals surface area contributed by atoms with Gasteiger partial charge in [0.1, 0.15) is 16.5 Å². The molecule has 0 aliphatic rings. The van der Waals surface area contributed by atoms with Crippen LogP contribution in [0.25, 0.3) is 0 Å². The topological polar surface area (TPSA) is 76.7 Å². The molecule has 0 aliphatic heterocycles. The summed E-state index contributed by atoms with van der Waals surface area (Å²) in [6.07, 6.45) is 6.62. The summed E-state index contributed by atoms with van der Waals surface area (Å²) in [4.78, 5) is 12.6. The molecule has 0 bridgehead atoms. The highest BCUT2D eigenvalue weighted by Crippen LogP contribution is 2.13. The summed E-state index contributed by atoms with van der Waals surface area (Å²) in [7, 11) is 0. The highest BCUT2D eigenvalue weighted by Gasteiger charge is 2.00. The lowest BCUT2D eigenvalue weighted by atomic mass is 10.3. The van der Waals surface area contributed by atoms with Gasteiger partial charge in [0.2, 0.25) is 0 Å². The zero-order valence-corrected chi connectivity index (χ0v) is 10.0. The van der Waals surface area contributed by atoms with Crippen LogP contribution < -0.4 is 11.1 Å². The Kier molecular flexibility index (Phi) is 3.24. The molecule has 0 unspecified atom stereocenters. The minimum absolute atomic E-state index is 0.237. The Bertz CT molecular complexity index is 538. The minimum Gasteiger partial charge on any atom is -0.388 e. The number of nitrogens with one attached hydrogen (secondary N) is 1. The molecule has 0 radical (unpaired) electrons. The average Bonchev–Trinajstić information content (AvgIpc) is 2.29. The Morgan fingerprint density at radius 2 is 2.06 bits per heavy atom. The van der Waals surface area contributed by atoms with Gasteiger partial charge in [-0.15, -0.1) is 0 Å². The lowest BCUT2D eigenvalue weighted by molar-refractivity contribution is 1.17. The van der Waals surface area contributed by atoms with E-state index in [0.29, 0.717) is 11.5 Å². The van der Waals surface area contributed by atoms with Gasteiger partial charge in [-0.05, 0) is 18.6 Å². The normalized spacial score (nSPS) is 9.94. The quantitative estimate of drug-likeness (QED) is 0.799. The predicted octanol–water partition coefficient (Wildman–Crippen LogP) is 1.56. The molecular weight excluding hydrogens is 234 g/mol. The van der Waals surface area contributed by atoms with Gasteiger partial charge in [0, 0.05) is 6.20 Å². The Balaban J connectivity index is 2.16. The first-order chi connectivity index (χ1) is 8.15. The molecule has 0 aliphatic carbocycles. The number of hydrogen-bond donors (Lipinski definition) is 2. The van der Waals surface area contributed by atoms with Gasteiger partial charge >= 0.3 is 0 Å². The maximum Gasteiger partial charge on any atom is 0.148 e. The van der Waals surface area contributed by atoms with E-state index < -0.39 is 0 Å². The summed E-state index contributed by atoms with van der Waals surface area (Å²) < 4.78 is 0. The number of aromatic nitrogens is 3. The van der Waals surface area contributed by atoms with Crippen molar-refractivity contribution in [1.82, 2.24) is 15.0 Å². The van der Waals surface area contributed by atoms with Crippen molar-refractivity contribution in [2.24, 2.45) is 5.73 Å². The highest BCUT2D eigenvalue weighted by molar-refractivity contribution is 7.80. The van der Waals surface area contributed by atoms with E-state index in [9.17, 15) is 0 Å². The molecular formula is C11H11N5S. The first-order valence-electron chi connectivity index (χ1n) is 4.95. The van der Waals surface area contributed by atoms with E-state index in [4.69, 9.17) is 18.0 Å². The van der Waals surface area contributed by atoms with E-state index in [1.807, 2.05) is 13.0 Å². The van der Waals surface area contributed by atoms with E-state index in [-0.39, 0.29) is 4.99 Å². The molecule has 0 spiro atoms. The summed E-state index contributed by atoms with van der Waals surface area (Å²) in [5, 5.41) is 3.09. The van der Waals surface area contributed by atoms with Gasteiger partial charge in [0.05, 0.1) is 24.3 Å². The molecule has 2 rings (SSSR count). The summed E-state index contributed by atoms with van der Waals surface area (Å²) in [5.74, 6) is 0.623. The summed E-state index contributed by atoms with van der Waals surface area (Å²) >= 11 is 4.80. The van der Waals surface area contributed by atoms with Crippen molar-refractivity contribution in [2.75, 3.05) is 5.32 Å². The molecule has 2 aromatic heterocycles. The zero-order valence-electron chi connectivity index (χ0n) is 9.21. The number of hydrogen-bond acceptors (Lipinski definition) is 5. The van der Waals surface area contributed by atoms with Gasteiger partial charge in [0.25, 0.3) is 0 Å². The van der Waals surface area contributed by atoms with Crippen LogP contribution in [-0.2, 0) is 0 Å². The van der Waals surface area contributed by atoms with Crippen LogP contribution in [0.3, 0.4) is 0 Å². The molecule has 86 valence electrons. The predicted molar refractivity (Wildman–Crippen MR) is 70.2 cm³/mol. The van der Waals surface area contributed by atoms with E-state index in [1.54, 1.807) is 18.6 Å². The molecule has 0 amide bonds. The van der Waals surface area contributed by atoms with Crippen molar-refractivity contribution in [3.8, 4) is 0 Å². The zero-order chi connectivity index (χ0) is 12.3. The van der Waals surface area contributed by atoms with Crippen LogP contribution in [0.1, 0.15) is 11.3 Å². The molecule has 2 aromatic rings. The molecule has 0 aromatic carbocycles. The van der Waals surface area contributed by atoms with Crippen molar-refractivity contribution in [2.45, 2.75) is 6.92 Å². The molecule has 17 heavy (non-hydrogen) atoms. The maximum atomic E-state index is 5.43. The fourth-order valence-electron chi connectivity index (χ4n) is 1.29. The van der Waals surface area contributed by atoms with Gasteiger partial charge in [-0.2, -0.15) is 0 Å². The molecule has 2 heterocycles. The number of nitrogens with two attached hydrogens (primary N) is 1. The molecule has 6 heteroatoms. The van der Waals surface area contributed by atoms with Crippen LogP contribution in [0.5, 0.6) is 0 Å². The van der Waals surface area contributed by atoms with E-state index in [1.165, 1.54) is 6.20 Å². The molecule has 0 saturated carbocycles. The Morgan fingerprint density at radius 3 is 2.65 bits per heavy atom. The second kappa shape index (κ2) is 4.84. The van der Waals surface area contributed by atoms with Crippen molar-refractivity contribution >= 4 is 28.7 Å². The fourth-order valence-corrected chi connectivity index (χ4v) is 1.40. The second-order valence-electron chi connectivity index (χ2n) is 3.53. The second-order valence-corrected chi connectivity index (χ2v) is 3.97. The van der Waals surface area contributed by atoms with Gasteiger partial charge in [0.15, 0.2) is 0 Å². The number of anilines is 2. The fraction of sp³-hybridized carbons (Fsp3) is 0.0909. The van der Waals surface area contributed by atoms with Crippen LogP contribution in [-0.4, -0.2) is 19.9 Å². The molecule has 3 N–H and O–H groups in total. The first kappa shape index (κ1) is 11.4. The largest absolute Gasteiger partial charge is 0.388 e. The Hall–Kier alpha value is -2.08. The molecule has 0 fully saturated rings. The third kappa shape index (κ3) is 2.94. The van der Waals surface area contributed by atoms with Crippen LogP contribution in [0.2, 0.25) is 0 Å². The summed E-state index contributed by atoms with van der Waals surface area (Å²) in [6, 6.07) is 1.97. The third-order valence-corrected chi connectivity index (χ3v) is 2.26. The number of thiocarbonyl (C=S) groups is 1. The molecule has 5 nitrogen and oxygen atoms in total. The Labute approximate surface area is 104 Å². The smallest absolute Gasteiger partial charge is 0.148 e.